The number of anilines is 1. The molecule has 0 aromatic carbocycles. The van der Waals surface area contributed by atoms with Gasteiger partial charge in [0.25, 0.3) is 0 Å². The molecule has 0 saturated heterocycles. The van der Waals surface area contributed by atoms with Gasteiger partial charge in [-0.1, -0.05) is 30.6 Å². The van der Waals surface area contributed by atoms with Crippen molar-refractivity contribution >= 4 is 16.5 Å². The Balaban J connectivity index is 2.02. The molecule has 3 N–H and O–H groups in total. The number of hydrogen-bond donors (Lipinski definition) is 2. The normalized spacial score (nSPS) is 25.8. The Hall–Kier alpha value is -0.890. The number of nitrogens with zero attached hydrogens (tertiary/aromatic N) is 2. The predicted octanol–water partition coefficient (Wildman–Crippen LogP) is 2.63. The van der Waals surface area contributed by atoms with Crippen LogP contribution in [0.5, 0.6) is 0 Å². The summed E-state index contributed by atoms with van der Waals surface area (Å²) in [4.78, 5) is 0. The van der Waals surface area contributed by atoms with E-state index in [1.165, 1.54) is 0 Å². The minimum absolute atomic E-state index is 0.0125. The lowest BCUT2D eigenvalue weighted by Gasteiger charge is -2.21. The maximum atomic E-state index is 12.4. The van der Waals surface area contributed by atoms with Crippen LogP contribution in [0.3, 0.4) is 0 Å². The van der Waals surface area contributed by atoms with E-state index in [9.17, 15) is 13.2 Å². The number of aromatic nitrogens is 2. The van der Waals surface area contributed by atoms with Crippen molar-refractivity contribution in [2.45, 2.75) is 50.4 Å². The highest BCUT2D eigenvalue weighted by Gasteiger charge is 2.36. The van der Waals surface area contributed by atoms with Gasteiger partial charge in [-0.2, -0.15) is 13.2 Å². The number of nitrogens with two attached hydrogens (primary N) is 1. The summed E-state index contributed by atoms with van der Waals surface area (Å²) in [6, 6.07) is -0.0488. The van der Waals surface area contributed by atoms with E-state index in [0.29, 0.717) is 11.3 Å². The van der Waals surface area contributed by atoms with E-state index in [1.54, 1.807) is 0 Å². The highest BCUT2D eigenvalue weighted by molar-refractivity contribution is 7.15. The van der Waals surface area contributed by atoms with Crippen molar-refractivity contribution < 1.29 is 13.2 Å². The molecular weight excluding hydrogens is 265 g/mol. The van der Waals surface area contributed by atoms with Crippen LogP contribution in [0, 0.1) is 0 Å². The Morgan fingerprint density at radius 2 is 1.89 bits per heavy atom. The number of rotatable bonds is 2. The van der Waals surface area contributed by atoms with Crippen molar-refractivity contribution in [2.75, 3.05) is 5.32 Å². The van der Waals surface area contributed by atoms with Gasteiger partial charge in [0.2, 0.25) is 10.1 Å². The molecule has 2 unspecified atom stereocenters. The molecule has 8 heteroatoms. The average molecular weight is 280 g/mol. The predicted molar refractivity (Wildman–Crippen MR) is 63.4 cm³/mol. The largest absolute Gasteiger partial charge is 0.445 e. The molecule has 0 amide bonds. The Bertz CT molecular complexity index is 393. The smallest absolute Gasteiger partial charge is 0.356 e. The van der Waals surface area contributed by atoms with Gasteiger partial charge in [-0.05, 0) is 12.8 Å². The first-order valence-electron chi connectivity index (χ1n) is 5.89. The maximum absolute atomic E-state index is 12.4. The minimum atomic E-state index is -4.43. The molecule has 18 heavy (non-hydrogen) atoms. The van der Waals surface area contributed by atoms with Gasteiger partial charge in [0.1, 0.15) is 0 Å². The van der Waals surface area contributed by atoms with Gasteiger partial charge in [-0.3, -0.25) is 0 Å². The second-order valence-corrected chi connectivity index (χ2v) is 5.44. The molecule has 2 rings (SSSR count). The molecular formula is C10H15F3N4S. The maximum Gasteiger partial charge on any atom is 0.445 e. The lowest BCUT2D eigenvalue weighted by Crippen LogP contribution is -2.39. The third kappa shape index (κ3) is 3.32. The van der Waals surface area contributed by atoms with Crippen LogP contribution in [0.2, 0.25) is 0 Å². The van der Waals surface area contributed by atoms with Crippen molar-refractivity contribution in [3.05, 3.63) is 5.01 Å². The Labute approximate surface area is 107 Å². The second-order valence-electron chi connectivity index (χ2n) is 4.46. The van der Waals surface area contributed by atoms with Crippen LogP contribution >= 0.6 is 11.3 Å². The first-order valence-corrected chi connectivity index (χ1v) is 6.71. The summed E-state index contributed by atoms with van der Waals surface area (Å²) in [7, 11) is 0. The third-order valence-corrected chi connectivity index (χ3v) is 3.95. The average Bonchev–Trinajstić information content (AvgIpc) is 2.66. The molecule has 4 nitrogen and oxygen atoms in total. The molecule has 0 spiro atoms. The van der Waals surface area contributed by atoms with E-state index < -0.39 is 11.2 Å². The molecule has 1 aliphatic carbocycles. The molecule has 0 bridgehead atoms. The summed E-state index contributed by atoms with van der Waals surface area (Å²) in [6.07, 6.45) is 0.559. The molecule has 2 atom stereocenters. The highest BCUT2D eigenvalue weighted by Crippen LogP contribution is 2.33. The lowest BCUT2D eigenvalue weighted by molar-refractivity contribution is -0.138. The second kappa shape index (κ2) is 5.40. The Morgan fingerprint density at radius 3 is 2.56 bits per heavy atom. The number of halogens is 3. The van der Waals surface area contributed by atoms with Crippen LogP contribution < -0.4 is 11.1 Å². The number of nitrogens with one attached hydrogen (secondary N) is 1. The van der Waals surface area contributed by atoms with Crippen molar-refractivity contribution in [1.82, 2.24) is 10.2 Å². The fraction of sp³-hybridized carbons (Fsp3) is 0.800. The zero-order chi connectivity index (χ0) is 13.2. The SMILES string of the molecule is NC1CCCCCC1Nc1nnc(C(F)(F)F)s1. The fourth-order valence-electron chi connectivity index (χ4n) is 2.07. The van der Waals surface area contributed by atoms with Gasteiger partial charge in [-0.15, -0.1) is 10.2 Å². The molecule has 1 aliphatic rings. The topological polar surface area (TPSA) is 63.8 Å². The molecule has 1 aromatic rings. The fourth-order valence-corrected chi connectivity index (χ4v) is 2.74. The molecule has 1 heterocycles. The van der Waals surface area contributed by atoms with Crippen LogP contribution in [-0.2, 0) is 6.18 Å². The van der Waals surface area contributed by atoms with E-state index in [0.717, 1.165) is 32.1 Å². The van der Waals surface area contributed by atoms with E-state index >= 15 is 0 Å². The zero-order valence-electron chi connectivity index (χ0n) is 9.70. The minimum Gasteiger partial charge on any atom is -0.356 e. The lowest BCUT2D eigenvalue weighted by atomic mass is 10.0. The molecule has 1 saturated carbocycles. The molecule has 1 aromatic heterocycles. The molecule has 1 fully saturated rings. The van der Waals surface area contributed by atoms with E-state index in [-0.39, 0.29) is 17.2 Å². The van der Waals surface area contributed by atoms with Crippen LogP contribution in [0.25, 0.3) is 0 Å². The monoisotopic (exact) mass is 280 g/mol. The van der Waals surface area contributed by atoms with Crippen molar-refractivity contribution in [3.63, 3.8) is 0 Å². The van der Waals surface area contributed by atoms with Crippen molar-refractivity contribution in [3.8, 4) is 0 Å². The van der Waals surface area contributed by atoms with E-state index in [2.05, 4.69) is 15.5 Å². The standard InChI is InChI=1S/C10H15F3N4S/c11-10(12,13)8-16-17-9(18-8)15-7-5-3-1-2-4-6(7)14/h6-7H,1-5,14H2,(H,15,17). The molecule has 0 radical (unpaired) electrons. The van der Waals surface area contributed by atoms with Gasteiger partial charge in [-0.25, -0.2) is 0 Å². The van der Waals surface area contributed by atoms with Crippen molar-refractivity contribution in [2.24, 2.45) is 5.73 Å². The summed E-state index contributed by atoms with van der Waals surface area (Å²) < 4.78 is 37.1. The Kier molecular flexibility index (Phi) is 4.06. The molecule has 0 aliphatic heterocycles. The first-order chi connectivity index (χ1) is 8.47. The van der Waals surface area contributed by atoms with E-state index in [1.807, 2.05) is 0 Å². The summed E-state index contributed by atoms with van der Waals surface area (Å²) in [6.45, 7) is 0. The quantitative estimate of drug-likeness (QED) is 0.817. The summed E-state index contributed by atoms with van der Waals surface area (Å²) in [5.74, 6) is 0. The highest BCUT2D eigenvalue weighted by atomic mass is 32.1. The van der Waals surface area contributed by atoms with Crippen LogP contribution in [0.15, 0.2) is 0 Å². The summed E-state index contributed by atoms with van der Waals surface area (Å²) in [5, 5.41) is 8.92. The molecule has 102 valence electrons. The Morgan fingerprint density at radius 1 is 1.17 bits per heavy atom. The van der Waals surface area contributed by atoms with Crippen LogP contribution in [0.1, 0.15) is 37.1 Å². The number of hydrogen-bond acceptors (Lipinski definition) is 5. The van der Waals surface area contributed by atoms with Crippen LogP contribution in [-0.4, -0.2) is 22.3 Å². The first kappa shape index (κ1) is 13.5. The third-order valence-electron chi connectivity index (χ3n) is 3.05. The van der Waals surface area contributed by atoms with Crippen molar-refractivity contribution in [1.29, 1.82) is 0 Å². The van der Waals surface area contributed by atoms with Gasteiger partial charge in [0.15, 0.2) is 0 Å². The summed E-state index contributed by atoms with van der Waals surface area (Å²) >= 11 is 0.528. The van der Waals surface area contributed by atoms with Crippen LogP contribution in [0.4, 0.5) is 18.3 Å². The number of alkyl halides is 3. The van der Waals surface area contributed by atoms with E-state index in [4.69, 9.17) is 5.73 Å². The van der Waals surface area contributed by atoms with Gasteiger partial charge < -0.3 is 11.1 Å². The van der Waals surface area contributed by atoms with Gasteiger partial charge in [0, 0.05) is 12.1 Å². The summed E-state index contributed by atoms with van der Waals surface area (Å²) in [5.41, 5.74) is 5.99. The zero-order valence-corrected chi connectivity index (χ0v) is 10.5. The van der Waals surface area contributed by atoms with Gasteiger partial charge in [0.05, 0.1) is 0 Å². The van der Waals surface area contributed by atoms with Gasteiger partial charge >= 0.3 is 6.18 Å².